The highest BCUT2D eigenvalue weighted by Crippen LogP contribution is 2.43. The fourth-order valence-corrected chi connectivity index (χ4v) is 4.21. The molecule has 2 unspecified atom stereocenters. The first-order valence-corrected chi connectivity index (χ1v) is 8.51. The lowest BCUT2D eigenvalue weighted by Gasteiger charge is -2.53. The molecular formula is C14H19ClN2O5S. The van der Waals surface area contributed by atoms with Gasteiger partial charge in [0.2, 0.25) is 5.91 Å². The third-order valence-electron chi connectivity index (χ3n) is 3.59. The van der Waals surface area contributed by atoms with Gasteiger partial charge in [0.25, 0.3) is 0 Å². The molecule has 2 N–H and O–H groups in total. The molecule has 0 aromatic carbocycles. The number of β-lactam (4-membered cyclic amide) rings is 1. The summed E-state index contributed by atoms with van der Waals surface area (Å²) in [6, 6.07) is -0.693. The largest absolute Gasteiger partial charge is 0.481 e. The van der Waals surface area contributed by atoms with E-state index in [1.54, 1.807) is 20.8 Å². The van der Waals surface area contributed by atoms with Crippen molar-refractivity contribution in [3.8, 4) is 0 Å². The van der Waals surface area contributed by atoms with Gasteiger partial charge in [-0.25, -0.2) is 4.79 Å². The topological polar surface area (TPSA) is 95.9 Å². The lowest BCUT2D eigenvalue weighted by Crippen LogP contribution is -2.73. The smallest absolute Gasteiger partial charge is 0.408 e. The van der Waals surface area contributed by atoms with Crippen molar-refractivity contribution in [2.45, 2.75) is 37.8 Å². The molecule has 0 radical (unpaired) electrons. The molecule has 0 aliphatic carbocycles. The van der Waals surface area contributed by atoms with E-state index in [9.17, 15) is 19.5 Å². The van der Waals surface area contributed by atoms with Crippen molar-refractivity contribution in [3.05, 3.63) is 11.6 Å². The maximum atomic E-state index is 12.2. The second-order valence-electron chi connectivity index (χ2n) is 6.55. The van der Waals surface area contributed by atoms with Crippen LogP contribution in [0, 0.1) is 5.41 Å². The van der Waals surface area contributed by atoms with Gasteiger partial charge in [-0.3, -0.25) is 9.59 Å². The second-order valence-corrected chi connectivity index (χ2v) is 7.90. The number of halogens is 1. The van der Waals surface area contributed by atoms with E-state index in [4.69, 9.17) is 16.3 Å². The van der Waals surface area contributed by atoms with Gasteiger partial charge in [0.15, 0.2) is 0 Å². The molecule has 3 atom stereocenters. The van der Waals surface area contributed by atoms with Crippen molar-refractivity contribution in [2.75, 3.05) is 12.3 Å². The molecule has 2 aliphatic heterocycles. The molecule has 7 nitrogen and oxygen atoms in total. The first-order valence-electron chi connectivity index (χ1n) is 7.02. The number of carbonyl (C=O) groups excluding carboxylic acids is 2. The Morgan fingerprint density at radius 3 is 2.70 bits per heavy atom. The molecule has 0 aromatic heterocycles. The van der Waals surface area contributed by atoms with Gasteiger partial charge in [0.05, 0.1) is 0 Å². The molecule has 2 aliphatic rings. The minimum Gasteiger partial charge on any atom is -0.481 e. The molecule has 9 heteroatoms. The number of rotatable bonds is 3. The Morgan fingerprint density at radius 1 is 1.52 bits per heavy atom. The van der Waals surface area contributed by atoms with Crippen LogP contribution in [-0.4, -0.2) is 57.3 Å². The number of carboxylic acid groups (broad SMARTS) is 1. The second kappa shape index (κ2) is 6.24. The SMILES string of the molecule is CC(C)(C)OC(=O)NC1C(=O)N2CC(C=CCl)(C(=O)O)CS[C@H]12. The number of alkyl carbamates (subject to hydrolysis) is 1. The molecule has 128 valence electrons. The Labute approximate surface area is 143 Å². The number of hydrogen-bond donors (Lipinski definition) is 2. The molecule has 2 fully saturated rings. The summed E-state index contributed by atoms with van der Waals surface area (Å²) < 4.78 is 5.14. The lowest BCUT2D eigenvalue weighted by atomic mass is 9.87. The van der Waals surface area contributed by atoms with E-state index in [0.29, 0.717) is 0 Å². The minimum atomic E-state index is -1.20. The molecule has 2 rings (SSSR count). The van der Waals surface area contributed by atoms with Crippen molar-refractivity contribution in [1.82, 2.24) is 10.2 Å². The van der Waals surface area contributed by atoms with E-state index >= 15 is 0 Å². The summed E-state index contributed by atoms with van der Waals surface area (Å²) in [6.45, 7) is 5.23. The van der Waals surface area contributed by atoms with Crippen LogP contribution in [0.5, 0.6) is 0 Å². The van der Waals surface area contributed by atoms with E-state index in [2.05, 4.69) is 5.32 Å². The average Bonchev–Trinajstić information content (AvgIpc) is 2.43. The minimum absolute atomic E-state index is 0.0363. The lowest BCUT2D eigenvalue weighted by molar-refractivity contribution is -0.154. The number of amides is 2. The molecule has 0 spiro atoms. The maximum absolute atomic E-state index is 12.2. The summed E-state index contributed by atoms with van der Waals surface area (Å²) in [6.07, 6.45) is 0.731. The quantitative estimate of drug-likeness (QED) is 0.741. The van der Waals surface area contributed by atoms with Gasteiger partial charge < -0.3 is 20.1 Å². The van der Waals surface area contributed by atoms with E-state index in [0.717, 1.165) is 5.54 Å². The fourth-order valence-electron chi connectivity index (χ4n) is 2.45. The van der Waals surface area contributed by atoms with Gasteiger partial charge in [-0.1, -0.05) is 17.7 Å². The van der Waals surface area contributed by atoms with Gasteiger partial charge in [0, 0.05) is 17.8 Å². The summed E-state index contributed by atoms with van der Waals surface area (Å²) in [5.41, 5.74) is -0.689. The Bertz CT molecular complexity index is 562. The molecular weight excluding hydrogens is 344 g/mol. The zero-order valence-electron chi connectivity index (χ0n) is 13.0. The zero-order chi connectivity index (χ0) is 17.4. The zero-order valence-corrected chi connectivity index (χ0v) is 14.6. The van der Waals surface area contributed by atoms with Gasteiger partial charge in [-0.2, -0.15) is 0 Å². The van der Waals surface area contributed by atoms with E-state index in [1.807, 2.05) is 0 Å². The Hall–Kier alpha value is -1.41. The maximum Gasteiger partial charge on any atom is 0.408 e. The van der Waals surface area contributed by atoms with Gasteiger partial charge in [0.1, 0.15) is 22.4 Å². The highest BCUT2D eigenvalue weighted by Gasteiger charge is 2.56. The average molecular weight is 363 g/mol. The van der Waals surface area contributed by atoms with Crippen molar-refractivity contribution in [1.29, 1.82) is 0 Å². The number of nitrogens with zero attached hydrogens (tertiary/aromatic N) is 1. The normalized spacial score (nSPS) is 30.6. The number of carboxylic acids is 1. The summed E-state index contributed by atoms with van der Waals surface area (Å²) in [7, 11) is 0. The first-order chi connectivity index (χ1) is 10.6. The third-order valence-corrected chi connectivity index (χ3v) is 5.26. The predicted octanol–water partition coefficient (Wildman–Crippen LogP) is 1.62. The molecule has 2 heterocycles. The molecule has 0 saturated carbocycles. The predicted molar refractivity (Wildman–Crippen MR) is 86.2 cm³/mol. The standard InChI is InChI=1S/C14H19ClN2O5S/c1-13(2,3)22-12(21)16-8-9(18)17-6-14(4-5-15,11(19)20)7-23-10(8)17/h4-5,8,10H,6-7H2,1-3H3,(H,16,21)(H,19,20)/t8?,10-,14?/m1/s1. The first kappa shape index (κ1) is 17.9. The highest BCUT2D eigenvalue weighted by atomic mass is 35.5. The van der Waals surface area contributed by atoms with Crippen LogP contribution in [0.15, 0.2) is 11.6 Å². The van der Waals surface area contributed by atoms with E-state index in [-0.39, 0.29) is 23.6 Å². The fraction of sp³-hybridized carbons (Fsp3) is 0.643. The van der Waals surface area contributed by atoms with E-state index in [1.165, 1.54) is 22.7 Å². The van der Waals surface area contributed by atoms with Crippen LogP contribution in [0.25, 0.3) is 0 Å². The van der Waals surface area contributed by atoms with Gasteiger partial charge in [-0.05, 0) is 20.8 Å². The number of carbonyl (C=O) groups is 3. The van der Waals surface area contributed by atoms with Crippen LogP contribution in [0.3, 0.4) is 0 Å². The molecule has 0 aromatic rings. The summed E-state index contributed by atoms with van der Waals surface area (Å²) in [4.78, 5) is 36.9. The van der Waals surface area contributed by atoms with Crippen LogP contribution in [-0.2, 0) is 14.3 Å². The number of ether oxygens (including phenoxy) is 1. The van der Waals surface area contributed by atoms with Crippen molar-refractivity contribution >= 4 is 41.3 Å². The van der Waals surface area contributed by atoms with Gasteiger partial charge in [-0.15, -0.1) is 11.8 Å². The molecule has 2 saturated heterocycles. The number of fused-ring (bicyclic) bond motifs is 1. The number of nitrogens with one attached hydrogen (secondary N) is 1. The summed E-state index contributed by atoms with van der Waals surface area (Å²) in [5.74, 6) is -1.08. The van der Waals surface area contributed by atoms with Crippen LogP contribution < -0.4 is 5.32 Å². The van der Waals surface area contributed by atoms with Crippen molar-refractivity contribution in [3.63, 3.8) is 0 Å². The number of hydrogen-bond acceptors (Lipinski definition) is 5. The van der Waals surface area contributed by atoms with Crippen molar-refractivity contribution in [2.24, 2.45) is 5.41 Å². The van der Waals surface area contributed by atoms with Crippen LogP contribution >= 0.6 is 23.4 Å². The van der Waals surface area contributed by atoms with Gasteiger partial charge >= 0.3 is 12.1 Å². The van der Waals surface area contributed by atoms with Crippen molar-refractivity contribution < 1.29 is 24.2 Å². The van der Waals surface area contributed by atoms with Crippen LogP contribution in [0.4, 0.5) is 4.79 Å². The van der Waals surface area contributed by atoms with Crippen LogP contribution in [0.2, 0.25) is 0 Å². The molecule has 2 amide bonds. The van der Waals surface area contributed by atoms with Crippen LogP contribution in [0.1, 0.15) is 20.8 Å². The summed E-state index contributed by atoms with van der Waals surface area (Å²) in [5, 5.41) is 11.7. The molecule has 0 bridgehead atoms. The Kier molecular flexibility index (Phi) is 4.86. The third kappa shape index (κ3) is 3.58. The molecule has 23 heavy (non-hydrogen) atoms. The number of thioether (sulfide) groups is 1. The number of aliphatic carboxylic acids is 1. The monoisotopic (exact) mass is 362 g/mol. The Balaban J connectivity index is 2.02. The summed E-state index contributed by atoms with van der Waals surface area (Å²) >= 11 is 6.84. The van der Waals surface area contributed by atoms with E-state index < -0.39 is 29.1 Å². The Morgan fingerprint density at radius 2 is 2.17 bits per heavy atom. The highest BCUT2D eigenvalue weighted by molar-refractivity contribution is 8.00.